The van der Waals surface area contributed by atoms with Gasteiger partial charge in [0, 0.05) is 6.07 Å². The number of ether oxygens (including phenoxy) is 2. The Bertz CT molecular complexity index is 900. The SMILES string of the molecule is O=c1cc(COc2ccccc2Oc2ccccc2)[nH][nH]c1=O. The van der Waals surface area contributed by atoms with Crippen molar-refractivity contribution in [2.75, 3.05) is 0 Å². The smallest absolute Gasteiger partial charge is 0.310 e. The Hall–Kier alpha value is -3.28. The number of aromatic nitrogens is 2. The van der Waals surface area contributed by atoms with Gasteiger partial charge in [-0.3, -0.25) is 19.8 Å². The molecule has 0 saturated heterocycles. The molecule has 0 aliphatic rings. The number of nitrogens with one attached hydrogen (secondary N) is 2. The van der Waals surface area contributed by atoms with Crippen LogP contribution in [0.5, 0.6) is 17.2 Å². The van der Waals surface area contributed by atoms with Gasteiger partial charge < -0.3 is 9.47 Å². The second-order valence-electron chi connectivity index (χ2n) is 4.76. The van der Waals surface area contributed by atoms with Crippen LogP contribution < -0.4 is 20.5 Å². The predicted molar refractivity (Wildman–Crippen MR) is 85.0 cm³/mol. The van der Waals surface area contributed by atoms with Crippen LogP contribution in [0.15, 0.2) is 70.3 Å². The zero-order valence-electron chi connectivity index (χ0n) is 12.1. The lowest BCUT2D eigenvalue weighted by Gasteiger charge is -2.12. The van der Waals surface area contributed by atoms with Crippen molar-refractivity contribution in [3.63, 3.8) is 0 Å². The van der Waals surface area contributed by atoms with Gasteiger partial charge >= 0.3 is 5.56 Å². The zero-order chi connectivity index (χ0) is 16.1. The third kappa shape index (κ3) is 3.68. The van der Waals surface area contributed by atoms with Crippen molar-refractivity contribution in [3.8, 4) is 17.2 Å². The number of rotatable bonds is 5. The fourth-order valence-electron chi connectivity index (χ4n) is 1.96. The van der Waals surface area contributed by atoms with Crippen molar-refractivity contribution in [3.05, 3.63) is 86.9 Å². The molecule has 1 aromatic heterocycles. The summed E-state index contributed by atoms with van der Waals surface area (Å²) in [5.41, 5.74) is -0.846. The lowest BCUT2D eigenvalue weighted by molar-refractivity contribution is 0.285. The highest BCUT2D eigenvalue weighted by Crippen LogP contribution is 2.31. The first-order valence-corrected chi connectivity index (χ1v) is 6.98. The van der Waals surface area contributed by atoms with Crippen LogP contribution in [0.4, 0.5) is 0 Å². The number of para-hydroxylation sites is 3. The van der Waals surface area contributed by atoms with E-state index in [9.17, 15) is 9.59 Å². The summed E-state index contributed by atoms with van der Waals surface area (Å²) in [6.07, 6.45) is 0. The van der Waals surface area contributed by atoms with Gasteiger partial charge in [0.1, 0.15) is 12.4 Å². The van der Waals surface area contributed by atoms with Gasteiger partial charge in [0.2, 0.25) is 5.43 Å². The van der Waals surface area contributed by atoms with Gasteiger partial charge in [-0.15, -0.1) is 0 Å². The van der Waals surface area contributed by atoms with Gasteiger partial charge in [-0.2, -0.15) is 0 Å². The molecule has 0 fully saturated rings. The van der Waals surface area contributed by atoms with E-state index in [1.54, 1.807) is 12.1 Å². The molecule has 0 bridgehead atoms. The second-order valence-corrected chi connectivity index (χ2v) is 4.76. The highest BCUT2D eigenvalue weighted by molar-refractivity contribution is 5.42. The molecule has 0 saturated carbocycles. The summed E-state index contributed by atoms with van der Waals surface area (Å²) >= 11 is 0. The summed E-state index contributed by atoms with van der Waals surface area (Å²) in [6.45, 7) is 0.0984. The Kier molecular flexibility index (Phi) is 4.24. The molecular formula is C17H14N2O4. The lowest BCUT2D eigenvalue weighted by Crippen LogP contribution is -2.28. The Morgan fingerprint density at radius 2 is 1.52 bits per heavy atom. The van der Waals surface area contributed by atoms with E-state index in [0.29, 0.717) is 22.9 Å². The zero-order valence-corrected chi connectivity index (χ0v) is 12.1. The maximum absolute atomic E-state index is 11.3. The third-order valence-electron chi connectivity index (χ3n) is 3.07. The summed E-state index contributed by atoms with van der Waals surface area (Å²) < 4.78 is 11.5. The van der Waals surface area contributed by atoms with Gasteiger partial charge in [-0.1, -0.05) is 30.3 Å². The van der Waals surface area contributed by atoms with E-state index >= 15 is 0 Å². The van der Waals surface area contributed by atoms with Crippen molar-refractivity contribution in [2.24, 2.45) is 0 Å². The van der Waals surface area contributed by atoms with Crippen LogP contribution >= 0.6 is 0 Å². The Balaban J connectivity index is 1.76. The largest absolute Gasteiger partial charge is 0.483 e. The molecule has 6 heteroatoms. The third-order valence-corrected chi connectivity index (χ3v) is 3.07. The van der Waals surface area contributed by atoms with Crippen molar-refractivity contribution < 1.29 is 9.47 Å². The summed E-state index contributed by atoms with van der Waals surface area (Å²) in [5.74, 6) is 1.79. The molecule has 0 unspecified atom stereocenters. The van der Waals surface area contributed by atoms with Gasteiger partial charge in [0.05, 0.1) is 5.69 Å². The van der Waals surface area contributed by atoms with Gasteiger partial charge in [-0.05, 0) is 24.3 Å². The van der Waals surface area contributed by atoms with Gasteiger partial charge in [0.25, 0.3) is 0 Å². The molecule has 0 aliphatic carbocycles. The number of aromatic amines is 2. The minimum absolute atomic E-state index is 0.0984. The molecule has 3 rings (SSSR count). The summed E-state index contributed by atoms with van der Waals surface area (Å²) in [5, 5.41) is 4.87. The molecular weight excluding hydrogens is 296 g/mol. The molecule has 0 amide bonds. The van der Waals surface area contributed by atoms with Crippen LogP contribution in [-0.4, -0.2) is 10.2 Å². The fourth-order valence-corrected chi connectivity index (χ4v) is 1.96. The first kappa shape index (κ1) is 14.6. The monoisotopic (exact) mass is 310 g/mol. The van der Waals surface area contributed by atoms with Crippen LogP contribution in [0.25, 0.3) is 0 Å². The number of benzene rings is 2. The molecule has 0 radical (unpaired) electrons. The summed E-state index contributed by atoms with van der Waals surface area (Å²) in [6, 6.07) is 17.8. The highest BCUT2D eigenvalue weighted by Gasteiger charge is 2.06. The molecule has 0 spiro atoms. The number of hydrogen-bond acceptors (Lipinski definition) is 4. The van der Waals surface area contributed by atoms with E-state index in [4.69, 9.17) is 9.47 Å². The molecule has 0 atom stereocenters. The Labute approximate surface area is 131 Å². The molecule has 116 valence electrons. The van der Waals surface area contributed by atoms with E-state index in [1.807, 2.05) is 42.5 Å². The van der Waals surface area contributed by atoms with Crippen LogP contribution in [0.3, 0.4) is 0 Å². The normalized spacial score (nSPS) is 10.3. The van der Waals surface area contributed by atoms with E-state index in [1.165, 1.54) is 6.07 Å². The quantitative estimate of drug-likeness (QED) is 0.709. The average molecular weight is 310 g/mol. The predicted octanol–water partition coefficient (Wildman–Crippen LogP) is 2.43. The van der Waals surface area contributed by atoms with Crippen molar-refractivity contribution in [1.82, 2.24) is 10.2 Å². The summed E-state index contributed by atoms with van der Waals surface area (Å²) in [7, 11) is 0. The first-order chi connectivity index (χ1) is 11.2. The van der Waals surface area contributed by atoms with Crippen molar-refractivity contribution in [1.29, 1.82) is 0 Å². The molecule has 0 aliphatic heterocycles. The van der Waals surface area contributed by atoms with Crippen molar-refractivity contribution in [2.45, 2.75) is 6.61 Å². The summed E-state index contributed by atoms with van der Waals surface area (Å²) in [4.78, 5) is 22.4. The molecule has 2 aromatic carbocycles. The van der Waals surface area contributed by atoms with Crippen molar-refractivity contribution >= 4 is 0 Å². The minimum atomic E-state index is -0.693. The maximum atomic E-state index is 11.3. The maximum Gasteiger partial charge on any atom is 0.310 e. The molecule has 6 nitrogen and oxygen atoms in total. The average Bonchev–Trinajstić information content (AvgIpc) is 2.58. The van der Waals surface area contributed by atoms with Crippen LogP contribution in [-0.2, 0) is 6.61 Å². The molecule has 1 heterocycles. The van der Waals surface area contributed by atoms with E-state index < -0.39 is 11.0 Å². The highest BCUT2D eigenvalue weighted by atomic mass is 16.5. The minimum Gasteiger partial charge on any atom is -0.483 e. The first-order valence-electron chi connectivity index (χ1n) is 6.98. The lowest BCUT2D eigenvalue weighted by atomic mass is 10.3. The molecule has 23 heavy (non-hydrogen) atoms. The van der Waals surface area contributed by atoms with E-state index in [2.05, 4.69) is 10.2 Å². The van der Waals surface area contributed by atoms with E-state index in [0.717, 1.165) is 0 Å². The van der Waals surface area contributed by atoms with Gasteiger partial charge in [-0.25, -0.2) is 0 Å². The van der Waals surface area contributed by atoms with Gasteiger partial charge in [0.15, 0.2) is 11.5 Å². The van der Waals surface area contributed by atoms with E-state index in [-0.39, 0.29) is 6.61 Å². The standard InChI is InChI=1S/C17H14N2O4/c20-14-10-12(18-19-17(14)21)11-22-15-8-4-5-9-16(15)23-13-6-2-1-3-7-13/h1-10H,11H2,(H,18,20)(H,19,21). The van der Waals surface area contributed by atoms with Crippen LogP contribution in [0, 0.1) is 0 Å². The fraction of sp³-hybridized carbons (Fsp3) is 0.0588. The number of H-pyrrole nitrogens is 2. The molecule has 2 N–H and O–H groups in total. The Morgan fingerprint density at radius 1 is 0.826 bits per heavy atom. The number of hydrogen-bond donors (Lipinski definition) is 2. The van der Waals surface area contributed by atoms with Crippen LogP contribution in [0.1, 0.15) is 5.69 Å². The second kappa shape index (κ2) is 6.65. The molecule has 3 aromatic rings. The Morgan fingerprint density at radius 3 is 2.26 bits per heavy atom. The van der Waals surface area contributed by atoms with Crippen LogP contribution in [0.2, 0.25) is 0 Å². The topological polar surface area (TPSA) is 84.2 Å².